The van der Waals surface area contributed by atoms with Gasteiger partial charge in [-0.2, -0.15) is 5.10 Å². The zero-order valence-corrected chi connectivity index (χ0v) is 14.7. The summed E-state index contributed by atoms with van der Waals surface area (Å²) in [6, 6.07) is 3.19. The Morgan fingerprint density at radius 3 is 2.52 bits per heavy atom. The van der Waals surface area contributed by atoms with Crippen LogP contribution in [0.5, 0.6) is 5.88 Å². The normalized spacial score (nSPS) is 11.7. The van der Waals surface area contributed by atoms with Gasteiger partial charge in [0, 0.05) is 18.3 Å². The molecule has 0 aromatic carbocycles. The number of sulfone groups is 1. The van der Waals surface area contributed by atoms with Gasteiger partial charge < -0.3 is 9.30 Å². The number of unbranched alkanes of at least 4 members (excludes halogenated alkanes) is 1. The first-order chi connectivity index (χ1) is 10.9. The van der Waals surface area contributed by atoms with Crippen LogP contribution in [0, 0.1) is 13.8 Å². The fourth-order valence-electron chi connectivity index (χ4n) is 2.23. The summed E-state index contributed by atoms with van der Waals surface area (Å²) in [5.74, 6) is 0.119. The van der Waals surface area contributed by atoms with Gasteiger partial charge in [0.25, 0.3) is 0 Å². The summed E-state index contributed by atoms with van der Waals surface area (Å²) in [7, 11) is -2.10. The highest BCUT2D eigenvalue weighted by atomic mass is 32.2. The molecule has 0 atom stereocenters. The third-order valence-electron chi connectivity index (χ3n) is 3.68. The molecule has 2 heterocycles. The molecule has 0 saturated carbocycles. The number of aromatic nitrogens is 4. The minimum absolute atomic E-state index is 0.110. The molecule has 7 nitrogen and oxygen atoms in total. The fourth-order valence-corrected chi connectivity index (χ4v) is 3.75. The van der Waals surface area contributed by atoms with Gasteiger partial charge >= 0.3 is 0 Å². The van der Waals surface area contributed by atoms with Crippen LogP contribution in [0.15, 0.2) is 17.3 Å². The van der Waals surface area contributed by atoms with E-state index in [0.29, 0.717) is 18.1 Å². The summed E-state index contributed by atoms with van der Waals surface area (Å²) in [6.07, 6.45) is 1.89. The van der Waals surface area contributed by atoms with Crippen molar-refractivity contribution in [1.82, 2.24) is 19.7 Å². The molecule has 126 valence electrons. The minimum Gasteiger partial charge on any atom is -0.480 e. The van der Waals surface area contributed by atoms with Gasteiger partial charge in [0.05, 0.1) is 18.5 Å². The maximum Gasteiger partial charge on any atom is 0.233 e. The van der Waals surface area contributed by atoms with Crippen molar-refractivity contribution < 1.29 is 13.2 Å². The van der Waals surface area contributed by atoms with E-state index in [1.807, 2.05) is 13.8 Å². The largest absolute Gasteiger partial charge is 0.480 e. The molecule has 0 amide bonds. The lowest BCUT2D eigenvalue weighted by atomic mass is 10.3. The van der Waals surface area contributed by atoms with Crippen molar-refractivity contribution in [1.29, 1.82) is 0 Å². The second kappa shape index (κ2) is 7.08. The Labute approximate surface area is 136 Å². The summed E-state index contributed by atoms with van der Waals surface area (Å²) in [5.41, 5.74) is 1.99. The van der Waals surface area contributed by atoms with E-state index in [-0.39, 0.29) is 10.9 Å². The van der Waals surface area contributed by atoms with Gasteiger partial charge in [0.15, 0.2) is 0 Å². The highest BCUT2D eigenvalue weighted by molar-refractivity contribution is 7.90. The number of aryl methyl sites for hydroxylation is 1. The SMILES string of the molecule is CCCCn1c(S(=O)(=O)Cc2ccc(OC)nn2)nc(C)c1C. The summed E-state index contributed by atoms with van der Waals surface area (Å²) < 4.78 is 32.2. The average Bonchev–Trinajstić information content (AvgIpc) is 2.82. The van der Waals surface area contributed by atoms with E-state index < -0.39 is 9.84 Å². The smallest absolute Gasteiger partial charge is 0.233 e. The Morgan fingerprint density at radius 2 is 1.96 bits per heavy atom. The van der Waals surface area contributed by atoms with Gasteiger partial charge in [-0.15, -0.1) is 5.10 Å². The Bertz CT molecular complexity index is 767. The van der Waals surface area contributed by atoms with E-state index in [1.165, 1.54) is 7.11 Å². The Morgan fingerprint density at radius 1 is 1.22 bits per heavy atom. The van der Waals surface area contributed by atoms with Crippen molar-refractivity contribution in [3.05, 3.63) is 29.2 Å². The summed E-state index contributed by atoms with van der Waals surface area (Å²) in [5, 5.41) is 7.81. The van der Waals surface area contributed by atoms with E-state index >= 15 is 0 Å². The molecule has 0 saturated heterocycles. The number of hydrogen-bond donors (Lipinski definition) is 0. The molecule has 0 aliphatic rings. The zero-order valence-electron chi connectivity index (χ0n) is 13.9. The molecule has 2 aromatic rings. The van der Waals surface area contributed by atoms with Crippen LogP contribution in [0.2, 0.25) is 0 Å². The lowest BCUT2D eigenvalue weighted by Gasteiger charge is -2.10. The predicted molar refractivity (Wildman–Crippen MR) is 86.1 cm³/mol. The van der Waals surface area contributed by atoms with Crippen LogP contribution in [0.1, 0.15) is 36.8 Å². The molecular weight excluding hydrogens is 316 g/mol. The first-order valence-electron chi connectivity index (χ1n) is 7.52. The molecule has 0 fully saturated rings. The predicted octanol–water partition coefficient (Wildman–Crippen LogP) is 2.07. The fraction of sp³-hybridized carbons (Fsp3) is 0.533. The highest BCUT2D eigenvalue weighted by Gasteiger charge is 2.25. The molecule has 0 spiro atoms. The second-order valence-electron chi connectivity index (χ2n) is 5.40. The summed E-state index contributed by atoms with van der Waals surface area (Å²) in [4.78, 5) is 4.27. The van der Waals surface area contributed by atoms with Gasteiger partial charge in [0.2, 0.25) is 20.9 Å². The Kier molecular flexibility index (Phi) is 5.35. The Balaban J connectivity index is 2.33. The molecular formula is C15H22N4O3S. The van der Waals surface area contributed by atoms with Crippen LogP contribution in [0.4, 0.5) is 0 Å². The van der Waals surface area contributed by atoms with Gasteiger partial charge in [-0.3, -0.25) is 0 Å². The van der Waals surface area contributed by atoms with Crippen LogP contribution in [0.25, 0.3) is 0 Å². The summed E-state index contributed by atoms with van der Waals surface area (Å²) >= 11 is 0. The quantitative estimate of drug-likeness (QED) is 0.768. The van der Waals surface area contributed by atoms with E-state index in [0.717, 1.165) is 24.2 Å². The van der Waals surface area contributed by atoms with Crippen molar-refractivity contribution in [2.75, 3.05) is 7.11 Å². The number of methoxy groups -OCH3 is 1. The second-order valence-corrected chi connectivity index (χ2v) is 7.28. The van der Waals surface area contributed by atoms with E-state index in [1.54, 1.807) is 16.7 Å². The lowest BCUT2D eigenvalue weighted by Crippen LogP contribution is -2.15. The number of ether oxygens (including phenoxy) is 1. The highest BCUT2D eigenvalue weighted by Crippen LogP contribution is 2.20. The molecule has 0 N–H and O–H groups in total. The third kappa shape index (κ3) is 3.87. The zero-order chi connectivity index (χ0) is 17.0. The first-order valence-corrected chi connectivity index (χ1v) is 9.17. The Hall–Kier alpha value is -1.96. The monoisotopic (exact) mass is 338 g/mol. The molecule has 0 radical (unpaired) electrons. The van der Waals surface area contributed by atoms with Crippen LogP contribution in [-0.4, -0.2) is 35.3 Å². The molecule has 0 aliphatic carbocycles. The standard InChI is InChI=1S/C15H22N4O3S/c1-5-6-9-19-12(3)11(2)16-15(19)23(20,21)10-13-7-8-14(22-4)18-17-13/h7-8H,5-6,9-10H2,1-4H3. The minimum atomic E-state index is -3.59. The molecule has 2 rings (SSSR count). The molecule has 8 heteroatoms. The number of imidazole rings is 1. The van der Waals surface area contributed by atoms with Crippen molar-refractivity contribution in [3.8, 4) is 5.88 Å². The average molecular weight is 338 g/mol. The lowest BCUT2D eigenvalue weighted by molar-refractivity contribution is 0.391. The van der Waals surface area contributed by atoms with Crippen molar-refractivity contribution in [3.63, 3.8) is 0 Å². The topological polar surface area (TPSA) is 87.0 Å². The van der Waals surface area contributed by atoms with Crippen molar-refractivity contribution in [2.45, 2.75) is 51.1 Å². The molecule has 2 aromatic heterocycles. The maximum atomic E-state index is 12.7. The summed E-state index contributed by atoms with van der Waals surface area (Å²) in [6.45, 7) is 6.43. The maximum absolute atomic E-state index is 12.7. The molecule has 0 bridgehead atoms. The van der Waals surface area contributed by atoms with Gasteiger partial charge in [-0.1, -0.05) is 13.3 Å². The van der Waals surface area contributed by atoms with E-state index in [2.05, 4.69) is 22.1 Å². The number of nitrogens with zero attached hydrogens (tertiary/aromatic N) is 4. The van der Waals surface area contributed by atoms with Crippen LogP contribution < -0.4 is 4.74 Å². The van der Waals surface area contributed by atoms with Crippen molar-refractivity contribution >= 4 is 9.84 Å². The van der Waals surface area contributed by atoms with Crippen molar-refractivity contribution in [2.24, 2.45) is 0 Å². The van der Waals surface area contributed by atoms with E-state index in [9.17, 15) is 8.42 Å². The van der Waals surface area contributed by atoms with Crippen LogP contribution in [0.3, 0.4) is 0 Å². The molecule has 0 unspecified atom stereocenters. The number of rotatable bonds is 7. The third-order valence-corrected chi connectivity index (χ3v) is 5.22. The number of hydrogen-bond acceptors (Lipinski definition) is 6. The van der Waals surface area contributed by atoms with Crippen LogP contribution in [-0.2, 0) is 22.1 Å². The van der Waals surface area contributed by atoms with E-state index in [4.69, 9.17) is 4.74 Å². The van der Waals surface area contributed by atoms with Gasteiger partial charge in [-0.25, -0.2) is 13.4 Å². The first kappa shape index (κ1) is 17.4. The van der Waals surface area contributed by atoms with Gasteiger partial charge in [-0.05, 0) is 26.3 Å². The van der Waals surface area contributed by atoms with Gasteiger partial charge in [0.1, 0.15) is 5.75 Å². The molecule has 23 heavy (non-hydrogen) atoms. The molecule has 0 aliphatic heterocycles. The van der Waals surface area contributed by atoms with Crippen LogP contribution >= 0.6 is 0 Å².